The third-order valence-electron chi connectivity index (χ3n) is 3.97. The minimum atomic E-state index is -4.33. The summed E-state index contributed by atoms with van der Waals surface area (Å²) >= 11 is 0. The van der Waals surface area contributed by atoms with Crippen molar-refractivity contribution in [2.24, 2.45) is 5.92 Å². The van der Waals surface area contributed by atoms with Gasteiger partial charge in [0.05, 0.1) is 18.3 Å². The van der Waals surface area contributed by atoms with Crippen LogP contribution in [0.4, 0.5) is 17.6 Å². The normalized spacial score (nSPS) is 22.7. The van der Waals surface area contributed by atoms with E-state index in [1.165, 1.54) is 24.3 Å². The Kier molecular flexibility index (Phi) is 5.78. The molecule has 0 unspecified atom stereocenters. The number of benzene rings is 1. The smallest absolute Gasteiger partial charge is 0.374 e. The Morgan fingerprint density at radius 1 is 1.17 bits per heavy atom. The molecule has 0 atom stereocenters. The summed E-state index contributed by atoms with van der Waals surface area (Å²) in [5.74, 6) is -0.695. The maximum atomic E-state index is 12.9. The highest BCUT2D eigenvalue weighted by Crippen LogP contribution is 2.30. The molecule has 0 N–H and O–H groups in total. The maximum Gasteiger partial charge on any atom is 0.416 e. The molecule has 1 fully saturated rings. The Morgan fingerprint density at radius 3 is 2.30 bits per heavy atom. The summed E-state index contributed by atoms with van der Waals surface area (Å²) in [5.41, 5.74) is 0.0172. The van der Waals surface area contributed by atoms with E-state index in [1.807, 2.05) is 0 Å². The van der Waals surface area contributed by atoms with Gasteiger partial charge < -0.3 is 4.74 Å². The third kappa shape index (κ3) is 5.36. The van der Waals surface area contributed by atoms with Crippen LogP contribution in [0.2, 0.25) is 0 Å². The number of hydrogen-bond acceptors (Lipinski definition) is 2. The minimum absolute atomic E-state index is 0.0205. The second-order valence-corrected chi connectivity index (χ2v) is 5.67. The summed E-state index contributed by atoms with van der Waals surface area (Å²) in [7, 11) is 0. The quantitative estimate of drug-likeness (QED) is 0.565. The van der Waals surface area contributed by atoms with Gasteiger partial charge in [-0.05, 0) is 55.4 Å². The number of rotatable bonds is 4. The summed E-state index contributed by atoms with van der Waals surface area (Å²) in [6.07, 6.45) is 0.0310. The first-order valence-electron chi connectivity index (χ1n) is 7.43. The lowest BCUT2D eigenvalue weighted by molar-refractivity contribution is -0.137. The number of ether oxygens (including phenoxy) is 1. The predicted molar refractivity (Wildman–Crippen MR) is 76.8 cm³/mol. The molecule has 1 aromatic rings. The van der Waals surface area contributed by atoms with Crippen LogP contribution in [0, 0.1) is 17.2 Å². The Morgan fingerprint density at radius 2 is 1.78 bits per heavy atom. The summed E-state index contributed by atoms with van der Waals surface area (Å²) in [6, 6.07) is 6.39. The van der Waals surface area contributed by atoms with Gasteiger partial charge in [0.1, 0.15) is 6.07 Å². The highest BCUT2D eigenvalue weighted by molar-refractivity contribution is 5.24. The molecule has 1 aliphatic carbocycles. The van der Waals surface area contributed by atoms with E-state index < -0.39 is 17.6 Å². The van der Waals surface area contributed by atoms with E-state index in [4.69, 9.17) is 10.00 Å². The molecule has 0 radical (unpaired) electrons. The van der Waals surface area contributed by atoms with Gasteiger partial charge in [0.15, 0.2) is 5.83 Å². The summed E-state index contributed by atoms with van der Waals surface area (Å²) in [5, 5.41) is 8.41. The first kappa shape index (κ1) is 17.5. The highest BCUT2D eigenvalue weighted by atomic mass is 19.4. The first-order valence-corrected chi connectivity index (χ1v) is 7.43. The lowest BCUT2D eigenvalue weighted by Gasteiger charge is -2.26. The Hall–Kier alpha value is -1.87. The van der Waals surface area contributed by atoms with Crippen molar-refractivity contribution in [2.75, 3.05) is 0 Å². The zero-order chi connectivity index (χ0) is 16.9. The van der Waals surface area contributed by atoms with Crippen LogP contribution in [0.25, 0.3) is 0 Å². The fourth-order valence-corrected chi connectivity index (χ4v) is 2.67. The number of nitrogens with zero attached hydrogens (tertiary/aromatic N) is 1. The summed E-state index contributed by atoms with van der Waals surface area (Å²) in [4.78, 5) is 0. The maximum absolute atomic E-state index is 12.9. The van der Waals surface area contributed by atoms with Gasteiger partial charge in [0.25, 0.3) is 0 Å². The molecular weight excluding hydrogens is 310 g/mol. The number of alkyl halides is 3. The Bertz CT molecular complexity index is 578. The molecule has 6 heteroatoms. The van der Waals surface area contributed by atoms with E-state index in [1.54, 1.807) is 0 Å². The fourth-order valence-electron chi connectivity index (χ4n) is 2.67. The second-order valence-electron chi connectivity index (χ2n) is 5.67. The van der Waals surface area contributed by atoms with E-state index in [2.05, 4.69) is 0 Å². The second kappa shape index (κ2) is 7.60. The van der Waals surface area contributed by atoms with Gasteiger partial charge in [0, 0.05) is 0 Å². The standard InChI is InChI=1S/C17H17F4NO/c18-15(10-22)9-12-3-7-16(8-4-12)23-11-13-1-5-14(6-2-13)17(19,20)21/h1-2,5-6,9,12,16H,3-4,7-8,11H2/b15-9-/t12-,16-. The van der Waals surface area contributed by atoms with E-state index in [0.717, 1.165) is 37.8 Å². The van der Waals surface area contributed by atoms with Gasteiger partial charge in [-0.1, -0.05) is 12.1 Å². The van der Waals surface area contributed by atoms with Gasteiger partial charge >= 0.3 is 6.18 Å². The van der Waals surface area contributed by atoms with Crippen molar-refractivity contribution in [1.29, 1.82) is 5.26 Å². The predicted octanol–water partition coefficient (Wildman–Crippen LogP) is 5.16. The molecule has 0 heterocycles. The average molecular weight is 327 g/mol. The van der Waals surface area contributed by atoms with Crippen molar-refractivity contribution >= 4 is 0 Å². The Balaban J connectivity index is 1.79. The van der Waals surface area contributed by atoms with Crippen molar-refractivity contribution in [3.8, 4) is 6.07 Å². The van der Waals surface area contributed by atoms with Crippen molar-refractivity contribution < 1.29 is 22.3 Å². The zero-order valence-corrected chi connectivity index (χ0v) is 12.4. The van der Waals surface area contributed by atoms with E-state index >= 15 is 0 Å². The summed E-state index contributed by atoms with van der Waals surface area (Å²) in [6.45, 7) is 0.260. The van der Waals surface area contributed by atoms with Crippen molar-refractivity contribution in [3.63, 3.8) is 0 Å². The Labute approximate surface area is 132 Å². The van der Waals surface area contributed by atoms with Crippen molar-refractivity contribution in [3.05, 3.63) is 47.3 Å². The molecule has 124 valence electrons. The molecule has 0 saturated heterocycles. The monoisotopic (exact) mass is 327 g/mol. The molecule has 1 aliphatic rings. The number of halogens is 4. The van der Waals surface area contributed by atoms with Gasteiger partial charge in [-0.2, -0.15) is 22.8 Å². The molecule has 0 bridgehead atoms. The van der Waals surface area contributed by atoms with Gasteiger partial charge in [-0.15, -0.1) is 0 Å². The lowest BCUT2D eigenvalue weighted by Crippen LogP contribution is -2.20. The van der Waals surface area contributed by atoms with E-state index in [0.29, 0.717) is 5.56 Å². The van der Waals surface area contributed by atoms with E-state index in [-0.39, 0.29) is 18.6 Å². The van der Waals surface area contributed by atoms with Crippen LogP contribution in [0.15, 0.2) is 36.2 Å². The number of nitriles is 1. The molecule has 0 spiro atoms. The van der Waals surface area contributed by atoms with Crippen LogP contribution in [0.3, 0.4) is 0 Å². The number of allylic oxidation sites excluding steroid dienone is 2. The topological polar surface area (TPSA) is 33.0 Å². The zero-order valence-electron chi connectivity index (χ0n) is 12.4. The molecule has 2 nitrogen and oxygen atoms in total. The van der Waals surface area contributed by atoms with Crippen LogP contribution in [0.1, 0.15) is 36.8 Å². The molecule has 23 heavy (non-hydrogen) atoms. The first-order chi connectivity index (χ1) is 10.9. The van der Waals surface area contributed by atoms with E-state index in [9.17, 15) is 17.6 Å². The molecule has 0 aliphatic heterocycles. The SMILES string of the molecule is N#C/C(F)=C/[C@H]1CC[C@H](OCc2ccc(C(F)(F)F)cc2)CC1. The van der Waals surface area contributed by atoms with Gasteiger partial charge in [0.2, 0.25) is 0 Å². The average Bonchev–Trinajstić information content (AvgIpc) is 2.53. The summed E-state index contributed by atoms with van der Waals surface area (Å²) < 4.78 is 56.0. The largest absolute Gasteiger partial charge is 0.416 e. The fraction of sp³-hybridized carbons (Fsp3) is 0.471. The number of hydrogen-bond donors (Lipinski definition) is 0. The third-order valence-corrected chi connectivity index (χ3v) is 3.97. The molecular formula is C17H17F4NO. The highest BCUT2D eigenvalue weighted by Gasteiger charge is 2.30. The van der Waals surface area contributed by atoms with Crippen molar-refractivity contribution in [2.45, 2.75) is 44.6 Å². The molecule has 2 rings (SSSR count). The van der Waals surface area contributed by atoms with Crippen LogP contribution >= 0.6 is 0 Å². The van der Waals surface area contributed by atoms with Crippen LogP contribution in [0.5, 0.6) is 0 Å². The molecule has 1 aromatic carbocycles. The molecule has 1 saturated carbocycles. The van der Waals surface area contributed by atoms with Gasteiger partial charge in [-0.3, -0.25) is 0 Å². The lowest BCUT2D eigenvalue weighted by atomic mass is 9.87. The molecule has 0 amide bonds. The molecule has 0 aromatic heterocycles. The van der Waals surface area contributed by atoms with Crippen LogP contribution in [-0.4, -0.2) is 6.10 Å². The minimum Gasteiger partial charge on any atom is -0.374 e. The van der Waals surface area contributed by atoms with Gasteiger partial charge in [-0.25, -0.2) is 0 Å². The van der Waals surface area contributed by atoms with Crippen molar-refractivity contribution in [1.82, 2.24) is 0 Å². The van der Waals surface area contributed by atoms with Crippen LogP contribution < -0.4 is 0 Å². The van der Waals surface area contributed by atoms with Crippen LogP contribution in [-0.2, 0) is 17.5 Å².